The molecule has 67 heavy (non-hydrogen) atoms. The second-order valence-electron chi connectivity index (χ2n) is 20.4. The van der Waals surface area contributed by atoms with Crippen LogP contribution in [0.1, 0.15) is 71.9 Å². The molecule has 0 bridgehead atoms. The summed E-state index contributed by atoms with van der Waals surface area (Å²) in [6.45, 7) is 13.6. The summed E-state index contributed by atoms with van der Waals surface area (Å²) < 4.78 is 13.4. The molecule has 0 spiro atoms. The zero-order valence-corrected chi connectivity index (χ0v) is 40.4. The van der Waals surface area contributed by atoms with E-state index in [1.807, 2.05) is 24.5 Å². The van der Waals surface area contributed by atoms with Crippen molar-refractivity contribution >= 4 is 51.3 Å². The summed E-state index contributed by atoms with van der Waals surface area (Å²) >= 11 is 0. The molecule has 4 aromatic heterocycles. The van der Waals surface area contributed by atoms with Crippen LogP contribution in [0.4, 0.5) is 0 Å². The smallest absolute Gasteiger partial charge is 0.271 e. The summed E-state index contributed by atoms with van der Waals surface area (Å²) in [4.78, 5) is 9.84. The molecule has 332 valence electrons. The standard InChI is InChI=1S/C60H57N5OSi/c1-59(2,3)43-31-33-62-57(38-43)65-52-26-12-11-23-49(52)50-30-29-44(39-55(50)65)66-45-32-34-61-56(40-45)63-41-64(54-28-14-13-27-53(54)63)58-48(24-18-25-51(58)60(4,5)6)42-19-17-22-47(37-42)67(35-15-8-16-36-67)46-20-9-7-10-21-46/h7,9-14,17-34,37-40H,8,15-16,35-36H2,1-6H3. The van der Waals surface area contributed by atoms with Gasteiger partial charge in [0.1, 0.15) is 25.4 Å². The van der Waals surface area contributed by atoms with Crippen molar-refractivity contribution in [3.05, 3.63) is 194 Å². The Morgan fingerprint density at radius 1 is 0.552 bits per heavy atom. The van der Waals surface area contributed by atoms with Gasteiger partial charge in [0.2, 0.25) is 0 Å². The van der Waals surface area contributed by atoms with Crippen LogP contribution in [0.5, 0.6) is 11.5 Å². The Kier molecular flexibility index (Phi) is 10.6. The molecular formula is C60H57N5OSi. The second kappa shape index (κ2) is 16.7. The first-order chi connectivity index (χ1) is 32.5. The number of imidazole rings is 1. The minimum absolute atomic E-state index is 0.0161. The van der Waals surface area contributed by atoms with E-state index in [0.717, 1.165) is 50.5 Å². The summed E-state index contributed by atoms with van der Waals surface area (Å²) in [5.74, 6) is 3.02. The number of rotatable bonds is 8. The van der Waals surface area contributed by atoms with E-state index in [0.29, 0.717) is 5.75 Å². The van der Waals surface area contributed by atoms with Crippen molar-refractivity contribution in [3.63, 3.8) is 0 Å². The van der Waals surface area contributed by atoms with Crippen molar-refractivity contribution in [2.45, 2.75) is 83.7 Å². The third kappa shape index (κ3) is 7.65. The summed E-state index contributed by atoms with van der Waals surface area (Å²) in [5, 5.41) is 5.41. The molecule has 1 fully saturated rings. The fourth-order valence-electron chi connectivity index (χ4n) is 10.6. The van der Waals surface area contributed by atoms with Gasteiger partial charge in [0.05, 0.1) is 27.8 Å². The van der Waals surface area contributed by atoms with Crippen LogP contribution in [0.3, 0.4) is 0 Å². The predicted molar refractivity (Wildman–Crippen MR) is 278 cm³/mol. The van der Waals surface area contributed by atoms with Gasteiger partial charge in [-0.3, -0.25) is 18.7 Å². The zero-order valence-electron chi connectivity index (χ0n) is 39.4. The zero-order chi connectivity index (χ0) is 45.9. The highest BCUT2D eigenvalue weighted by Gasteiger charge is 2.38. The highest BCUT2D eigenvalue weighted by atomic mass is 28.3. The Hall–Kier alpha value is -7.09. The van der Waals surface area contributed by atoms with Crippen molar-refractivity contribution in [1.29, 1.82) is 0 Å². The van der Waals surface area contributed by atoms with Crippen molar-refractivity contribution in [2.75, 3.05) is 0 Å². The molecule has 6 nitrogen and oxygen atoms in total. The van der Waals surface area contributed by atoms with Crippen LogP contribution in [0, 0.1) is 6.33 Å². The first kappa shape index (κ1) is 42.5. The molecule has 0 saturated carbocycles. The lowest BCUT2D eigenvalue weighted by Crippen LogP contribution is -2.59. The Balaban J connectivity index is 1.01. The number of benzene rings is 6. The first-order valence-electron chi connectivity index (χ1n) is 23.9. The molecule has 6 aromatic carbocycles. The van der Waals surface area contributed by atoms with E-state index < -0.39 is 8.07 Å². The van der Waals surface area contributed by atoms with Gasteiger partial charge < -0.3 is 4.74 Å². The molecule has 0 aliphatic carbocycles. The number of hydrogen-bond donors (Lipinski definition) is 0. The molecule has 1 saturated heterocycles. The van der Waals surface area contributed by atoms with Gasteiger partial charge in [-0.05, 0) is 81.6 Å². The van der Waals surface area contributed by atoms with Gasteiger partial charge in [-0.15, -0.1) is 0 Å². The van der Waals surface area contributed by atoms with Crippen LogP contribution in [-0.2, 0) is 10.8 Å². The average Bonchev–Trinajstić information content (AvgIpc) is 3.90. The molecule has 0 N–H and O–H groups in total. The predicted octanol–water partition coefficient (Wildman–Crippen LogP) is 13.4. The number of nitrogens with zero attached hydrogens (tertiary/aromatic N) is 5. The molecule has 0 unspecified atom stereocenters. The largest absolute Gasteiger partial charge is 0.458 e. The molecule has 0 atom stereocenters. The van der Waals surface area contributed by atoms with Crippen LogP contribution in [0.25, 0.3) is 61.3 Å². The minimum atomic E-state index is -1.96. The van der Waals surface area contributed by atoms with E-state index in [-0.39, 0.29) is 10.8 Å². The average molecular weight is 892 g/mol. The Morgan fingerprint density at radius 2 is 1.24 bits per heavy atom. The van der Waals surface area contributed by atoms with Crippen LogP contribution in [0.2, 0.25) is 12.1 Å². The minimum Gasteiger partial charge on any atom is -0.458 e. The second-order valence-corrected chi connectivity index (χ2v) is 24.8. The number of para-hydroxylation sites is 4. The first-order valence-corrected chi connectivity index (χ1v) is 26.3. The number of hydrogen-bond acceptors (Lipinski definition) is 3. The fraction of sp³-hybridized carbons (Fsp3) is 0.217. The number of fused-ring (bicyclic) bond motifs is 4. The maximum Gasteiger partial charge on any atom is 0.271 e. The molecule has 0 radical (unpaired) electrons. The molecule has 0 amide bonds. The quantitative estimate of drug-likeness (QED) is 0.0867. The summed E-state index contributed by atoms with van der Waals surface area (Å²) in [6.07, 6.45) is 11.5. The summed E-state index contributed by atoms with van der Waals surface area (Å²) in [6, 6.07) is 62.1. The lowest BCUT2D eigenvalue weighted by atomic mass is 9.83. The number of ether oxygens (including phenoxy) is 1. The third-order valence-electron chi connectivity index (χ3n) is 14.1. The van der Waals surface area contributed by atoms with Gasteiger partial charge in [-0.25, -0.2) is 4.98 Å². The summed E-state index contributed by atoms with van der Waals surface area (Å²) in [5.41, 5.74) is 10.1. The molecule has 10 aromatic rings. The highest BCUT2D eigenvalue weighted by molar-refractivity contribution is 7.02. The van der Waals surface area contributed by atoms with Crippen molar-refractivity contribution in [1.82, 2.24) is 19.1 Å². The van der Waals surface area contributed by atoms with Gasteiger partial charge >= 0.3 is 0 Å². The Labute approximate surface area is 395 Å². The summed E-state index contributed by atoms with van der Waals surface area (Å²) in [7, 11) is -1.96. The molecule has 11 rings (SSSR count). The van der Waals surface area contributed by atoms with Crippen LogP contribution < -0.4 is 19.7 Å². The van der Waals surface area contributed by atoms with Crippen molar-refractivity contribution in [2.24, 2.45) is 0 Å². The van der Waals surface area contributed by atoms with Crippen molar-refractivity contribution in [3.8, 4) is 39.9 Å². The van der Waals surface area contributed by atoms with Crippen molar-refractivity contribution < 1.29 is 9.30 Å². The number of pyridine rings is 2. The molecule has 1 aliphatic heterocycles. The molecule has 7 heteroatoms. The van der Waals surface area contributed by atoms with Gasteiger partial charge in [-0.2, -0.15) is 0 Å². The van der Waals surface area contributed by atoms with Gasteiger partial charge in [0.25, 0.3) is 6.33 Å². The van der Waals surface area contributed by atoms with E-state index in [4.69, 9.17) is 14.7 Å². The van der Waals surface area contributed by atoms with E-state index in [2.05, 4.69) is 213 Å². The lowest BCUT2D eigenvalue weighted by Gasteiger charge is -2.37. The maximum absolute atomic E-state index is 6.75. The molecule has 5 heterocycles. The topological polar surface area (TPSA) is 48.8 Å². The lowest BCUT2D eigenvalue weighted by molar-refractivity contribution is -0.572. The maximum atomic E-state index is 6.75. The van der Waals surface area contributed by atoms with Crippen LogP contribution >= 0.6 is 0 Å². The molecular weight excluding hydrogens is 835 g/mol. The highest BCUT2D eigenvalue weighted by Crippen LogP contribution is 2.38. The van der Waals surface area contributed by atoms with E-state index in [1.165, 1.54) is 64.2 Å². The van der Waals surface area contributed by atoms with Crippen LogP contribution in [0.15, 0.2) is 176 Å². The number of aromatic nitrogens is 5. The Morgan fingerprint density at radius 3 is 2.04 bits per heavy atom. The Bertz CT molecular complexity index is 3460. The van der Waals surface area contributed by atoms with Gasteiger partial charge in [0, 0.05) is 35.3 Å². The van der Waals surface area contributed by atoms with Crippen LogP contribution in [-0.4, -0.2) is 27.2 Å². The van der Waals surface area contributed by atoms with Gasteiger partial charge in [-0.1, -0.05) is 186 Å². The fourth-order valence-corrected chi connectivity index (χ4v) is 15.8. The van der Waals surface area contributed by atoms with Gasteiger partial charge in [0.15, 0.2) is 5.82 Å². The molecule has 1 aliphatic rings. The van der Waals surface area contributed by atoms with E-state index >= 15 is 0 Å². The monoisotopic (exact) mass is 891 g/mol. The normalized spacial score (nSPS) is 14.2. The third-order valence-corrected chi connectivity index (χ3v) is 19.3. The SMILES string of the molecule is CC(C)(C)c1ccnc(-n2c3ccccc3c3ccc(Oc4ccnc(-n5[c-][n+](-c6c(-c7cccc([Si]8(c9ccccc9)CCCCC8)c7)cccc6C(C)(C)C)c6ccccc65)c4)cc32)c1. The van der Waals surface area contributed by atoms with E-state index in [9.17, 15) is 0 Å². The van der Waals surface area contributed by atoms with E-state index in [1.54, 1.807) is 5.19 Å².